The Kier molecular flexibility index (Phi) is 7.20. The lowest BCUT2D eigenvalue weighted by Gasteiger charge is -2.48. The topological polar surface area (TPSA) is 137 Å². The molecule has 0 radical (unpaired) electrons. The van der Waals surface area contributed by atoms with Gasteiger partial charge in [-0.1, -0.05) is 0 Å². The number of hydrogen-bond donors (Lipinski definition) is 3. The van der Waals surface area contributed by atoms with Gasteiger partial charge in [-0.3, -0.25) is 19.2 Å². The van der Waals surface area contributed by atoms with Gasteiger partial charge in [0.25, 0.3) is 0 Å². The zero-order chi connectivity index (χ0) is 19.4. The van der Waals surface area contributed by atoms with E-state index in [2.05, 4.69) is 17.9 Å². The summed E-state index contributed by atoms with van der Waals surface area (Å²) in [5.74, 6) is -2.85. The van der Waals surface area contributed by atoms with Crippen molar-refractivity contribution in [2.45, 2.75) is 57.2 Å². The molecular formula is C14H21NO9S. The van der Waals surface area contributed by atoms with Crippen LogP contribution in [-0.4, -0.2) is 65.0 Å². The van der Waals surface area contributed by atoms with Crippen molar-refractivity contribution in [2.75, 3.05) is 6.61 Å². The molecule has 1 saturated heterocycles. The predicted octanol–water partition coefficient (Wildman–Crippen LogP) is -1.11. The second-order valence-corrected chi connectivity index (χ2v) is 5.91. The number of carbonyl (C=O) groups is 4. The number of aliphatic hydroxyl groups is 1. The van der Waals surface area contributed by atoms with Gasteiger partial charge in [0.15, 0.2) is 17.6 Å². The number of rotatable bonds is 5. The quantitative estimate of drug-likeness (QED) is 0.235. The first-order valence-electron chi connectivity index (χ1n) is 7.29. The summed E-state index contributed by atoms with van der Waals surface area (Å²) in [7, 11) is 0. The summed E-state index contributed by atoms with van der Waals surface area (Å²) in [4.78, 5) is 45.4. The average Bonchev–Trinajstić information content (AvgIpc) is 2.44. The first-order chi connectivity index (χ1) is 11.5. The molecule has 1 heterocycles. The highest BCUT2D eigenvalue weighted by molar-refractivity contribution is 7.80. The molecule has 1 rings (SSSR count). The maximum absolute atomic E-state index is 11.5. The molecule has 0 aliphatic carbocycles. The molecule has 0 unspecified atom stereocenters. The van der Waals surface area contributed by atoms with E-state index in [9.17, 15) is 24.3 Å². The molecule has 0 bridgehead atoms. The van der Waals surface area contributed by atoms with Gasteiger partial charge >= 0.3 is 17.9 Å². The molecule has 0 aromatic rings. The summed E-state index contributed by atoms with van der Waals surface area (Å²) in [5, 5.41) is 13.0. The van der Waals surface area contributed by atoms with Gasteiger partial charge in [0.1, 0.15) is 12.7 Å². The Morgan fingerprint density at radius 1 is 1.08 bits per heavy atom. The van der Waals surface area contributed by atoms with Gasteiger partial charge in [0.05, 0.1) is 0 Å². The zero-order valence-corrected chi connectivity index (χ0v) is 15.1. The van der Waals surface area contributed by atoms with Crippen LogP contribution in [0.5, 0.6) is 0 Å². The molecule has 2 N–H and O–H groups in total. The third-order valence-corrected chi connectivity index (χ3v) is 3.72. The summed E-state index contributed by atoms with van der Waals surface area (Å²) in [6.07, 6.45) is -4.00. The highest BCUT2D eigenvalue weighted by Gasteiger charge is 2.59. The SMILES string of the molecule is CC(=O)N[C@]1(O)[C@H](S)O[C@H](COC(C)=O)[C@H](OC(C)=O)[C@@H]1OC(C)=O. The van der Waals surface area contributed by atoms with Crippen molar-refractivity contribution in [3.63, 3.8) is 0 Å². The number of carbonyl (C=O) groups excluding carboxylic acids is 4. The molecule has 11 heteroatoms. The third kappa shape index (κ3) is 5.58. The second kappa shape index (κ2) is 8.50. The van der Waals surface area contributed by atoms with Crippen LogP contribution in [0, 0.1) is 0 Å². The average molecular weight is 379 g/mol. The fourth-order valence-corrected chi connectivity index (χ4v) is 2.71. The molecule has 25 heavy (non-hydrogen) atoms. The number of thiol groups is 1. The lowest BCUT2D eigenvalue weighted by Crippen LogP contribution is -2.73. The molecule has 1 aliphatic heterocycles. The first kappa shape index (κ1) is 21.2. The lowest BCUT2D eigenvalue weighted by atomic mass is 9.93. The molecule has 0 saturated carbocycles. The highest BCUT2D eigenvalue weighted by atomic mass is 32.1. The van der Waals surface area contributed by atoms with Gasteiger partial charge in [0, 0.05) is 27.7 Å². The minimum atomic E-state index is -2.28. The van der Waals surface area contributed by atoms with E-state index in [0.717, 1.165) is 20.8 Å². The summed E-state index contributed by atoms with van der Waals surface area (Å²) < 4.78 is 20.5. The van der Waals surface area contributed by atoms with E-state index < -0.39 is 53.3 Å². The highest BCUT2D eigenvalue weighted by Crippen LogP contribution is 2.34. The van der Waals surface area contributed by atoms with Crippen molar-refractivity contribution in [3.05, 3.63) is 0 Å². The second-order valence-electron chi connectivity index (χ2n) is 5.44. The Balaban J connectivity index is 3.26. The van der Waals surface area contributed by atoms with Crippen molar-refractivity contribution in [1.82, 2.24) is 5.32 Å². The van der Waals surface area contributed by atoms with E-state index in [0.29, 0.717) is 0 Å². The molecule has 1 aliphatic rings. The predicted molar refractivity (Wildman–Crippen MR) is 84.2 cm³/mol. The summed E-state index contributed by atoms with van der Waals surface area (Å²) >= 11 is 4.07. The zero-order valence-electron chi connectivity index (χ0n) is 14.2. The minimum Gasteiger partial charge on any atom is -0.463 e. The standard InChI is InChI=1S/C14H21NO9S/c1-6(16)15-14(20)12(23-9(4)19)11(22-8(3)18)10(24-13(14)25)5-21-7(2)17/h10-13,20,25H,5H2,1-4H3,(H,15,16)/t10-,11+,12+,13+,14-/m1/s1. The molecule has 5 atom stereocenters. The normalized spacial score (nSPS) is 31.6. The molecule has 0 spiro atoms. The Morgan fingerprint density at radius 2 is 1.64 bits per heavy atom. The van der Waals surface area contributed by atoms with E-state index in [-0.39, 0.29) is 6.61 Å². The number of nitrogens with one attached hydrogen (secondary N) is 1. The van der Waals surface area contributed by atoms with Crippen molar-refractivity contribution in [2.24, 2.45) is 0 Å². The largest absolute Gasteiger partial charge is 0.463 e. The molecular weight excluding hydrogens is 358 g/mol. The Bertz CT molecular complexity index is 554. The number of hydrogen-bond acceptors (Lipinski definition) is 10. The molecule has 0 aromatic carbocycles. The first-order valence-corrected chi connectivity index (χ1v) is 7.81. The van der Waals surface area contributed by atoms with Gasteiger partial charge in [0.2, 0.25) is 11.6 Å². The Labute approximate surface area is 149 Å². The number of ether oxygens (including phenoxy) is 4. The molecule has 0 aromatic heterocycles. The third-order valence-electron chi connectivity index (χ3n) is 3.20. The number of amides is 1. The van der Waals surface area contributed by atoms with E-state index in [1.54, 1.807) is 0 Å². The molecule has 1 fully saturated rings. The van der Waals surface area contributed by atoms with Crippen LogP contribution in [0.1, 0.15) is 27.7 Å². The van der Waals surface area contributed by atoms with Crippen molar-refractivity contribution < 1.29 is 43.2 Å². The Hall–Kier alpha value is -1.85. The van der Waals surface area contributed by atoms with Crippen LogP contribution < -0.4 is 5.32 Å². The maximum atomic E-state index is 11.5. The van der Waals surface area contributed by atoms with Gasteiger partial charge in [-0.05, 0) is 0 Å². The van der Waals surface area contributed by atoms with Crippen molar-refractivity contribution >= 4 is 36.4 Å². The van der Waals surface area contributed by atoms with Crippen LogP contribution in [-0.2, 0) is 38.1 Å². The van der Waals surface area contributed by atoms with Gasteiger partial charge in [-0.15, -0.1) is 12.6 Å². The summed E-state index contributed by atoms with van der Waals surface area (Å²) in [6, 6.07) is 0. The lowest BCUT2D eigenvalue weighted by molar-refractivity contribution is -0.271. The van der Waals surface area contributed by atoms with E-state index in [4.69, 9.17) is 18.9 Å². The van der Waals surface area contributed by atoms with Gasteiger partial charge < -0.3 is 29.4 Å². The van der Waals surface area contributed by atoms with Gasteiger partial charge in [-0.25, -0.2) is 0 Å². The van der Waals surface area contributed by atoms with Gasteiger partial charge in [-0.2, -0.15) is 0 Å². The smallest absolute Gasteiger partial charge is 0.303 e. The van der Waals surface area contributed by atoms with Crippen molar-refractivity contribution in [1.29, 1.82) is 0 Å². The Morgan fingerprint density at radius 3 is 2.08 bits per heavy atom. The van der Waals surface area contributed by atoms with Crippen LogP contribution in [0.15, 0.2) is 0 Å². The fourth-order valence-electron chi connectivity index (χ4n) is 2.35. The molecule has 142 valence electrons. The summed E-state index contributed by atoms with van der Waals surface area (Å²) in [5.41, 5.74) is -3.65. The van der Waals surface area contributed by atoms with Crippen LogP contribution in [0.2, 0.25) is 0 Å². The molecule has 1 amide bonds. The monoisotopic (exact) mass is 379 g/mol. The van der Waals surface area contributed by atoms with E-state index in [1.165, 1.54) is 6.92 Å². The van der Waals surface area contributed by atoms with Crippen LogP contribution in [0.3, 0.4) is 0 Å². The van der Waals surface area contributed by atoms with Crippen molar-refractivity contribution in [3.8, 4) is 0 Å². The van der Waals surface area contributed by atoms with Crippen LogP contribution in [0.25, 0.3) is 0 Å². The maximum Gasteiger partial charge on any atom is 0.303 e. The minimum absolute atomic E-state index is 0.349. The van der Waals surface area contributed by atoms with Crippen LogP contribution in [0.4, 0.5) is 0 Å². The summed E-state index contributed by atoms with van der Waals surface area (Å²) in [6.45, 7) is 4.10. The number of esters is 3. The van der Waals surface area contributed by atoms with E-state index in [1.807, 2.05) is 0 Å². The molecule has 10 nitrogen and oxygen atoms in total. The van der Waals surface area contributed by atoms with Crippen LogP contribution >= 0.6 is 12.6 Å². The van der Waals surface area contributed by atoms with E-state index >= 15 is 0 Å². The fraction of sp³-hybridized carbons (Fsp3) is 0.714.